The molecule has 18 heavy (non-hydrogen) atoms. The van der Waals surface area contributed by atoms with Crippen LogP contribution in [0.2, 0.25) is 0 Å². The first-order chi connectivity index (χ1) is 8.56. The molecule has 0 spiro atoms. The highest BCUT2D eigenvalue weighted by molar-refractivity contribution is 4.85. The second-order valence-electron chi connectivity index (χ2n) is 5.57. The SMILES string of the molecule is CCC1CN(CC(O)COC(C)C)C(CC)CN1. The van der Waals surface area contributed by atoms with Crippen molar-refractivity contribution in [3.63, 3.8) is 0 Å². The van der Waals surface area contributed by atoms with Gasteiger partial charge in [0.05, 0.1) is 18.8 Å². The van der Waals surface area contributed by atoms with Crippen LogP contribution in [0.1, 0.15) is 40.5 Å². The summed E-state index contributed by atoms with van der Waals surface area (Å²) in [6.45, 7) is 11.7. The van der Waals surface area contributed by atoms with Gasteiger partial charge in [-0.1, -0.05) is 13.8 Å². The molecule has 0 aromatic rings. The molecule has 0 aromatic heterocycles. The van der Waals surface area contributed by atoms with Crippen LogP contribution in [-0.4, -0.2) is 60.5 Å². The smallest absolute Gasteiger partial charge is 0.0900 e. The minimum Gasteiger partial charge on any atom is -0.389 e. The van der Waals surface area contributed by atoms with Crippen LogP contribution in [0.3, 0.4) is 0 Å². The van der Waals surface area contributed by atoms with Crippen LogP contribution in [-0.2, 0) is 4.74 Å². The molecule has 3 atom stereocenters. The summed E-state index contributed by atoms with van der Waals surface area (Å²) in [7, 11) is 0. The van der Waals surface area contributed by atoms with E-state index in [2.05, 4.69) is 24.1 Å². The van der Waals surface area contributed by atoms with Crippen molar-refractivity contribution in [2.45, 2.75) is 64.8 Å². The Labute approximate surface area is 112 Å². The largest absolute Gasteiger partial charge is 0.389 e. The lowest BCUT2D eigenvalue weighted by atomic mass is 10.0. The molecule has 1 heterocycles. The minimum absolute atomic E-state index is 0.188. The van der Waals surface area contributed by atoms with Crippen molar-refractivity contribution in [2.75, 3.05) is 26.2 Å². The molecular formula is C14H30N2O2. The van der Waals surface area contributed by atoms with Gasteiger partial charge in [-0.2, -0.15) is 0 Å². The van der Waals surface area contributed by atoms with Crippen LogP contribution in [0.4, 0.5) is 0 Å². The molecule has 0 saturated carbocycles. The summed E-state index contributed by atoms with van der Waals surface area (Å²) in [6, 6.07) is 1.10. The lowest BCUT2D eigenvalue weighted by Crippen LogP contribution is -2.57. The van der Waals surface area contributed by atoms with Crippen LogP contribution in [0.5, 0.6) is 0 Å². The van der Waals surface area contributed by atoms with Crippen LogP contribution in [0.25, 0.3) is 0 Å². The van der Waals surface area contributed by atoms with Crippen molar-refractivity contribution in [1.29, 1.82) is 0 Å². The predicted octanol–water partition coefficient (Wildman–Crippen LogP) is 1.23. The van der Waals surface area contributed by atoms with Gasteiger partial charge in [0.25, 0.3) is 0 Å². The third kappa shape index (κ3) is 5.22. The molecule has 4 heteroatoms. The van der Waals surface area contributed by atoms with Crippen molar-refractivity contribution in [3.8, 4) is 0 Å². The summed E-state index contributed by atoms with van der Waals surface area (Å²) >= 11 is 0. The molecule has 4 nitrogen and oxygen atoms in total. The van der Waals surface area contributed by atoms with Gasteiger partial charge in [0.2, 0.25) is 0 Å². The number of β-amino-alcohol motifs (C(OH)–C–C–N with tert-alkyl or cyclic N) is 1. The molecule has 1 rings (SSSR count). The zero-order valence-electron chi connectivity index (χ0n) is 12.4. The number of piperazine rings is 1. The molecule has 2 N–H and O–H groups in total. The Morgan fingerprint density at radius 3 is 2.61 bits per heavy atom. The van der Waals surface area contributed by atoms with E-state index in [9.17, 15) is 5.11 Å². The second-order valence-corrected chi connectivity index (χ2v) is 5.57. The minimum atomic E-state index is -0.378. The molecule has 1 aliphatic heterocycles. The molecule has 0 aliphatic carbocycles. The fourth-order valence-corrected chi connectivity index (χ4v) is 2.46. The first kappa shape index (κ1) is 15.9. The molecule has 3 unspecified atom stereocenters. The average Bonchev–Trinajstić information content (AvgIpc) is 2.36. The number of aliphatic hydroxyl groups is 1. The lowest BCUT2D eigenvalue weighted by Gasteiger charge is -2.40. The molecule has 0 amide bonds. The number of hydrogen-bond acceptors (Lipinski definition) is 4. The van der Waals surface area contributed by atoms with E-state index >= 15 is 0 Å². The topological polar surface area (TPSA) is 44.7 Å². The van der Waals surface area contributed by atoms with Gasteiger partial charge in [-0.05, 0) is 26.7 Å². The summed E-state index contributed by atoms with van der Waals surface area (Å²) in [4.78, 5) is 2.42. The van der Waals surface area contributed by atoms with Crippen LogP contribution in [0, 0.1) is 0 Å². The number of aliphatic hydroxyl groups excluding tert-OH is 1. The van der Waals surface area contributed by atoms with Gasteiger partial charge in [-0.3, -0.25) is 4.90 Å². The van der Waals surface area contributed by atoms with E-state index < -0.39 is 0 Å². The van der Waals surface area contributed by atoms with Gasteiger partial charge >= 0.3 is 0 Å². The highest BCUT2D eigenvalue weighted by Crippen LogP contribution is 2.12. The van der Waals surface area contributed by atoms with Gasteiger partial charge in [0, 0.05) is 31.7 Å². The molecule has 1 fully saturated rings. The van der Waals surface area contributed by atoms with Crippen LogP contribution < -0.4 is 5.32 Å². The molecule has 0 bridgehead atoms. The molecule has 108 valence electrons. The number of hydrogen-bond donors (Lipinski definition) is 2. The number of rotatable bonds is 7. The van der Waals surface area contributed by atoms with E-state index in [1.165, 1.54) is 0 Å². The monoisotopic (exact) mass is 258 g/mol. The third-order valence-electron chi connectivity index (χ3n) is 3.64. The summed E-state index contributed by atoms with van der Waals surface area (Å²) in [5.74, 6) is 0. The van der Waals surface area contributed by atoms with Gasteiger partial charge in [-0.25, -0.2) is 0 Å². The normalized spacial score (nSPS) is 27.7. The first-order valence-electron chi connectivity index (χ1n) is 7.33. The first-order valence-corrected chi connectivity index (χ1v) is 7.33. The van der Waals surface area contributed by atoms with Crippen molar-refractivity contribution in [3.05, 3.63) is 0 Å². The average molecular weight is 258 g/mol. The molecular weight excluding hydrogens is 228 g/mol. The van der Waals surface area contributed by atoms with Crippen LogP contribution >= 0.6 is 0 Å². The number of ether oxygens (including phenoxy) is 1. The second kappa shape index (κ2) is 8.10. The van der Waals surface area contributed by atoms with Gasteiger partial charge in [-0.15, -0.1) is 0 Å². The Kier molecular flexibility index (Phi) is 7.15. The summed E-state index contributed by atoms with van der Waals surface area (Å²) in [5.41, 5.74) is 0. The fourth-order valence-electron chi connectivity index (χ4n) is 2.46. The van der Waals surface area contributed by atoms with E-state index in [1.807, 2.05) is 13.8 Å². The number of nitrogens with one attached hydrogen (secondary N) is 1. The predicted molar refractivity (Wildman–Crippen MR) is 74.8 cm³/mol. The standard InChI is InChI=1S/C14H30N2O2/c1-5-12-8-16(13(6-2)7-15-12)9-14(17)10-18-11(3)4/h11-15,17H,5-10H2,1-4H3. The zero-order chi connectivity index (χ0) is 13.5. The molecule has 1 saturated heterocycles. The van der Waals surface area contributed by atoms with Crippen molar-refractivity contribution < 1.29 is 9.84 Å². The molecule has 0 aromatic carbocycles. The Balaban J connectivity index is 2.40. The van der Waals surface area contributed by atoms with E-state index in [0.29, 0.717) is 18.7 Å². The van der Waals surface area contributed by atoms with Gasteiger partial charge in [0.15, 0.2) is 0 Å². The van der Waals surface area contributed by atoms with Gasteiger partial charge < -0.3 is 15.2 Å². The van der Waals surface area contributed by atoms with E-state index in [-0.39, 0.29) is 12.2 Å². The van der Waals surface area contributed by atoms with E-state index in [0.717, 1.165) is 32.5 Å². The van der Waals surface area contributed by atoms with Crippen LogP contribution in [0.15, 0.2) is 0 Å². The number of nitrogens with zero attached hydrogens (tertiary/aromatic N) is 1. The highest BCUT2D eigenvalue weighted by Gasteiger charge is 2.27. The Morgan fingerprint density at radius 1 is 1.33 bits per heavy atom. The van der Waals surface area contributed by atoms with Crippen molar-refractivity contribution >= 4 is 0 Å². The maximum absolute atomic E-state index is 10.0. The Bertz CT molecular complexity index is 224. The Morgan fingerprint density at radius 2 is 2.06 bits per heavy atom. The van der Waals surface area contributed by atoms with E-state index in [4.69, 9.17) is 4.74 Å². The summed E-state index contributed by atoms with van der Waals surface area (Å²) < 4.78 is 5.47. The van der Waals surface area contributed by atoms with E-state index in [1.54, 1.807) is 0 Å². The molecule has 1 aliphatic rings. The maximum atomic E-state index is 10.0. The third-order valence-corrected chi connectivity index (χ3v) is 3.64. The Hall–Kier alpha value is -0.160. The highest BCUT2D eigenvalue weighted by atomic mass is 16.5. The lowest BCUT2D eigenvalue weighted by molar-refractivity contribution is -0.0204. The van der Waals surface area contributed by atoms with Crippen molar-refractivity contribution in [1.82, 2.24) is 10.2 Å². The maximum Gasteiger partial charge on any atom is 0.0900 e. The van der Waals surface area contributed by atoms with Gasteiger partial charge in [0.1, 0.15) is 0 Å². The van der Waals surface area contributed by atoms with Crippen molar-refractivity contribution in [2.24, 2.45) is 0 Å². The quantitative estimate of drug-likeness (QED) is 0.721. The molecule has 0 radical (unpaired) electrons. The fraction of sp³-hybridized carbons (Fsp3) is 1.00. The summed E-state index contributed by atoms with van der Waals surface area (Å²) in [6.07, 6.45) is 2.08. The zero-order valence-corrected chi connectivity index (χ0v) is 12.4. The summed E-state index contributed by atoms with van der Waals surface area (Å²) in [5, 5.41) is 13.6.